The Balaban J connectivity index is 0.000000139. The SMILES string of the molecule is C.Oc1ccc2[nH]cc(CCCc3ncco3)c2c1.Oc1ccc2[nH]cc(CCNc3ccno3)c2c1.Oc1ccc2[nH]cc(CCNc3ccon3)c2c1. The average molecular weight is 745 g/mol. The molecule has 14 nitrogen and oxygen atoms in total. The lowest BCUT2D eigenvalue weighted by atomic mass is 10.1. The molecule has 0 radical (unpaired) electrons. The van der Waals surface area contributed by atoms with Gasteiger partial charge < -0.3 is 54.4 Å². The summed E-state index contributed by atoms with van der Waals surface area (Å²) in [5.41, 5.74) is 6.66. The van der Waals surface area contributed by atoms with Crippen molar-refractivity contribution in [2.75, 3.05) is 23.7 Å². The molecule has 0 spiro atoms. The molecule has 0 atom stereocenters. The Morgan fingerprint density at radius 3 is 1.65 bits per heavy atom. The van der Waals surface area contributed by atoms with Crippen molar-refractivity contribution < 1.29 is 28.8 Å². The van der Waals surface area contributed by atoms with Gasteiger partial charge in [-0.05, 0) is 97.0 Å². The number of nitrogens with one attached hydrogen (secondary N) is 5. The number of aryl methyl sites for hydroxylation is 2. The van der Waals surface area contributed by atoms with Crippen LogP contribution < -0.4 is 10.6 Å². The molecule has 0 aliphatic heterocycles. The standard InChI is InChI=1S/C14H14N2O2.2C13H13N3O2.CH4/c17-11-4-5-13-12(8-11)10(9-16-13)2-1-3-14-15-6-7-18-14;17-10-1-2-12-11(7-10)9(8-15-12)3-5-14-13-4-6-18-16-13;17-10-1-2-12-11(7-10)9(8-15-12)3-5-14-13-4-6-16-18-13;/h4-9,16-17H,1-3H2;1-2,4,6-8,15,17H,3,5H2,(H,14,16);1-2,4,6-8,14-15,17H,3,5H2;1H4. The van der Waals surface area contributed by atoms with Crippen molar-refractivity contribution in [1.29, 1.82) is 0 Å². The number of phenolic OH excluding ortho intramolecular Hbond substituents is 3. The van der Waals surface area contributed by atoms with Gasteiger partial charge in [0.15, 0.2) is 11.7 Å². The first-order chi connectivity index (χ1) is 26.5. The van der Waals surface area contributed by atoms with E-state index >= 15 is 0 Å². The van der Waals surface area contributed by atoms with Crippen molar-refractivity contribution in [1.82, 2.24) is 30.2 Å². The van der Waals surface area contributed by atoms with E-state index in [0.717, 1.165) is 101 Å². The lowest BCUT2D eigenvalue weighted by Crippen LogP contribution is -2.04. The van der Waals surface area contributed by atoms with Gasteiger partial charge in [0.1, 0.15) is 29.8 Å². The first-order valence-corrected chi connectivity index (χ1v) is 17.5. The van der Waals surface area contributed by atoms with Crippen LogP contribution in [0.2, 0.25) is 0 Å². The van der Waals surface area contributed by atoms with E-state index in [1.807, 2.05) is 36.8 Å². The number of oxazole rings is 1. The van der Waals surface area contributed by atoms with E-state index in [4.69, 9.17) is 13.5 Å². The third kappa shape index (κ3) is 9.87. The quantitative estimate of drug-likeness (QED) is 0.0593. The van der Waals surface area contributed by atoms with Crippen molar-refractivity contribution in [3.63, 3.8) is 0 Å². The van der Waals surface area contributed by atoms with Gasteiger partial charge in [-0.25, -0.2) is 4.98 Å². The highest BCUT2D eigenvalue weighted by molar-refractivity contribution is 5.86. The maximum absolute atomic E-state index is 9.51. The number of aromatic hydroxyl groups is 3. The Bertz CT molecular complexity index is 2200. The molecule has 9 rings (SSSR count). The zero-order chi connectivity index (χ0) is 37.1. The number of benzene rings is 3. The van der Waals surface area contributed by atoms with E-state index in [9.17, 15) is 15.3 Å². The van der Waals surface area contributed by atoms with Crippen molar-refractivity contribution >= 4 is 44.4 Å². The number of H-pyrrole nitrogens is 3. The van der Waals surface area contributed by atoms with E-state index in [0.29, 0.717) is 11.6 Å². The lowest BCUT2D eigenvalue weighted by Gasteiger charge is -2.01. The molecule has 55 heavy (non-hydrogen) atoms. The molecular formula is C41H44N8O6. The van der Waals surface area contributed by atoms with Gasteiger partial charge in [-0.1, -0.05) is 17.7 Å². The summed E-state index contributed by atoms with van der Waals surface area (Å²) >= 11 is 0. The first kappa shape index (κ1) is 37.7. The van der Waals surface area contributed by atoms with Gasteiger partial charge in [0.05, 0.1) is 12.4 Å². The second-order valence-electron chi connectivity index (χ2n) is 12.5. The highest BCUT2D eigenvalue weighted by Gasteiger charge is 2.08. The number of nitrogens with zero attached hydrogens (tertiary/aromatic N) is 3. The first-order valence-electron chi connectivity index (χ1n) is 17.5. The molecule has 8 N–H and O–H groups in total. The predicted molar refractivity (Wildman–Crippen MR) is 213 cm³/mol. The molecule has 0 unspecified atom stereocenters. The van der Waals surface area contributed by atoms with Gasteiger partial charge in [-0.15, -0.1) is 0 Å². The second-order valence-corrected chi connectivity index (χ2v) is 12.5. The summed E-state index contributed by atoms with van der Waals surface area (Å²) in [4.78, 5) is 13.7. The molecule has 0 bridgehead atoms. The minimum Gasteiger partial charge on any atom is -0.508 e. The van der Waals surface area contributed by atoms with Crippen LogP contribution >= 0.6 is 0 Å². The monoisotopic (exact) mass is 744 g/mol. The van der Waals surface area contributed by atoms with Crippen molar-refractivity contribution in [3.05, 3.63) is 133 Å². The summed E-state index contributed by atoms with van der Waals surface area (Å²) in [6.45, 7) is 1.51. The number of fused-ring (bicyclic) bond motifs is 3. The fourth-order valence-corrected chi connectivity index (χ4v) is 6.18. The highest BCUT2D eigenvalue weighted by Crippen LogP contribution is 2.26. The fraction of sp³-hybridized carbons (Fsp3) is 0.195. The molecule has 14 heteroatoms. The number of aromatic amines is 3. The van der Waals surface area contributed by atoms with Crippen LogP contribution in [0.3, 0.4) is 0 Å². The van der Waals surface area contributed by atoms with Crippen LogP contribution in [0, 0.1) is 0 Å². The van der Waals surface area contributed by atoms with Gasteiger partial charge in [-0.2, -0.15) is 0 Å². The maximum atomic E-state index is 9.51. The van der Waals surface area contributed by atoms with E-state index in [2.05, 4.69) is 40.9 Å². The summed E-state index contributed by atoms with van der Waals surface area (Å²) in [7, 11) is 0. The third-order valence-corrected chi connectivity index (χ3v) is 8.84. The topological polar surface area (TPSA) is 210 Å². The third-order valence-electron chi connectivity index (χ3n) is 8.84. The van der Waals surface area contributed by atoms with Gasteiger partial charge in [-0.3, -0.25) is 0 Å². The Labute approximate surface area is 316 Å². The Morgan fingerprint density at radius 1 is 0.600 bits per heavy atom. The lowest BCUT2D eigenvalue weighted by molar-refractivity contribution is 0.422. The van der Waals surface area contributed by atoms with Crippen LogP contribution in [-0.4, -0.2) is 58.7 Å². The van der Waals surface area contributed by atoms with Crippen LogP contribution in [-0.2, 0) is 25.7 Å². The molecule has 0 fully saturated rings. The summed E-state index contributed by atoms with van der Waals surface area (Å²) in [5.74, 6) is 3.04. The van der Waals surface area contributed by atoms with Crippen molar-refractivity contribution in [3.8, 4) is 17.2 Å². The van der Waals surface area contributed by atoms with Crippen LogP contribution in [0.25, 0.3) is 32.7 Å². The number of phenols is 3. The molecule has 6 aromatic heterocycles. The fourth-order valence-electron chi connectivity index (χ4n) is 6.18. The molecule has 0 aliphatic carbocycles. The Kier molecular flexibility index (Phi) is 12.4. The van der Waals surface area contributed by atoms with Crippen LogP contribution in [0.4, 0.5) is 11.7 Å². The maximum Gasteiger partial charge on any atom is 0.224 e. The molecule has 0 amide bonds. The molecule has 0 aliphatic rings. The van der Waals surface area contributed by atoms with Crippen molar-refractivity contribution in [2.24, 2.45) is 0 Å². The second kappa shape index (κ2) is 18.1. The number of anilines is 2. The van der Waals surface area contributed by atoms with Gasteiger partial charge in [0.2, 0.25) is 5.88 Å². The predicted octanol–water partition coefficient (Wildman–Crippen LogP) is 8.71. The minimum atomic E-state index is 0. The molecule has 9 aromatic rings. The average Bonchev–Trinajstić information content (AvgIpc) is 4.04. The summed E-state index contributed by atoms with van der Waals surface area (Å²) < 4.78 is 14.9. The van der Waals surface area contributed by atoms with E-state index in [-0.39, 0.29) is 18.9 Å². The molecule has 6 heterocycles. The van der Waals surface area contributed by atoms with Gasteiger partial charge >= 0.3 is 0 Å². The van der Waals surface area contributed by atoms with Crippen molar-refractivity contribution in [2.45, 2.75) is 39.5 Å². The zero-order valence-corrected chi connectivity index (χ0v) is 29.3. The van der Waals surface area contributed by atoms with Gasteiger partial charge in [0.25, 0.3) is 0 Å². The zero-order valence-electron chi connectivity index (χ0n) is 29.3. The minimum absolute atomic E-state index is 0. The summed E-state index contributed by atoms with van der Waals surface area (Å²) in [6, 6.07) is 19.6. The smallest absolute Gasteiger partial charge is 0.224 e. The summed E-state index contributed by atoms with van der Waals surface area (Å²) in [5, 5.41) is 45.4. The molecule has 0 saturated carbocycles. The number of rotatable bonds is 12. The van der Waals surface area contributed by atoms with E-state index < -0.39 is 0 Å². The van der Waals surface area contributed by atoms with Crippen LogP contribution in [0.15, 0.2) is 124 Å². The number of hydrogen-bond acceptors (Lipinski definition) is 11. The summed E-state index contributed by atoms with van der Waals surface area (Å²) in [6.07, 6.45) is 16.8. The molecular weight excluding hydrogens is 701 g/mol. The Morgan fingerprint density at radius 2 is 1.16 bits per heavy atom. The largest absolute Gasteiger partial charge is 0.508 e. The van der Waals surface area contributed by atoms with Gasteiger partial charge in [0, 0.05) is 82.9 Å². The van der Waals surface area contributed by atoms with E-state index in [1.165, 1.54) is 11.8 Å². The number of aromatic nitrogens is 6. The normalized spacial score (nSPS) is 10.8. The van der Waals surface area contributed by atoms with E-state index in [1.54, 1.807) is 67.2 Å². The van der Waals surface area contributed by atoms with Crippen LogP contribution in [0.1, 0.15) is 36.4 Å². The number of hydrogen-bond donors (Lipinski definition) is 8. The Hall–Kier alpha value is -7.09. The van der Waals surface area contributed by atoms with Crippen LogP contribution in [0.5, 0.6) is 17.2 Å². The highest BCUT2D eigenvalue weighted by atomic mass is 16.5. The molecule has 3 aromatic carbocycles. The molecule has 284 valence electrons. The molecule has 0 saturated heterocycles.